The summed E-state index contributed by atoms with van der Waals surface area (Å²) in [7, 11) is 0. The molecule has 4 heteroatoms. The Bertz CT molecular complexity index is 283. The van der Waals surface area contributed by atoms with E-state index >= 15 is 0 Å². The van der Waals surface area contributed by atoms with Gasteiger partial charge in [-0.05, 0) is 52.6 Å². The third-order valence-corrected chi connectivity index (χ3v) is 4.36. The molecule has 1 fully saturated rings. The minimum Gasteiger partial charge on any atom is -0.352 e. The Balaban J connectivity index is 2.52. The van der Waals surface area contributed by atoms with Crippen LogP contribution in [-0.2, 0) is 4.79 Å². The highest BCUT2D eigenvalue weighted by atomic mass is 16.2. The van der Waals surface area contributed by atoms with Crippen molar-refractivity contribution in [1.82, 2.24) is 15.5 Å². The maximum Gasteiger partial charge on any atom is 0.237 e. The summed E-state index contributed by atoms with van der Waals surface area (Å²) in [6.45, 7) is 11.5. The molecule has 1 aliphatic heterocycles. The predicted octanol–water partition coefficient (Wildman–Crippen LogP) is 2.14. The third-order valence-electron chi connectivity index (χ3n) is 4.36. The minimum atomic E-state index is -0.0160. The van der Waals surface area contributed by atoms with Gasteiger partial charge in [-0.15, -0.1) is 0 Å². The van der Waals surface area contributed by atoms with Crippen LogP contribution in [0.4, 0.5) is 0 Å². The first-order chi connectivity index (χ1) is 9.60. The molecular weight excluding hydrogens is 250 g/mol. The van der Waals surface area contributed by atoms with E-state index in [0.29, 0.717) is 6.04 Å². The Kier molecular flexibility index (Phi) is 8.15. The lowest BCUT2D eigenvalue weighted by Crippen LogP contribution is -2.55. The standard InChI is InChI=1S/C16H33N3O/c1-5-10-17-12-15-9-7-8-11-19(15)14(4)16(20)18-13(3)6-2/h13-15,17H,5-12H2,1-4H3,(H,18,20). The number of nitrogens with zero attached hydrogens (tertiary/aromatic N) is 1. The molecular formula is C16H33N3O. The van der Waals surface area contributed by atoms with Gasteiger partial charge in [0.2, 0.25) is 5.91 Å². The van der Waals surface area contributed by atoms with E-state index < -0.39 is 0 Å². The SMILES string of the molecule is CCCNCC1CCCCN1C(C)C(=O)NC(C)CC. The largest absolute Gasteiger partial charge is 0.352 e. The molecule has 1 aliphatic rings. The lowest BCUT2D eigenvalue weighted by molar-refractivity contribution is -0.128. The Hall–Kier alpha value is -0.610. The van der Waals surface area contributed by atoms with Gasteiger partial charge in [0.25, 0.3) is 0 Å². The number of carbonyl (C=O) groups is 1. The molecule has 2 N–H and O–H groups in total. The van der Waals surface area contributed by atoms with Crippen LogP contribution < -0.4 is 10.6 Å². The molecule has 0 spiro atoms. The van der Waals surface area contributed by atoms with Crippen molar-refractivity contribution in [2.24, 2.45) is 0 Å². The second-order valence-corrected chi connectivity index (χ2v) is 6.09. The predicted molar refractivity (Wildman–Crippen MR) is 84.9 cm³/mol. The molecule has 0 saturated carbocycles. The maximum absolute atomic E-state index is 12.3. The number of piperidine rings is 1. The first-order valence-corrected chi connectivity index (χ1v) is 8.36. The molecule has 0 aromatic rings. The van der Waals surface area contributed by atoms with Crippen molar-refractivity contribution in [1.29, 1.82) is 0 Å². The monoisotopic (exact) mass is 283 g/mol. The van der Waals surface area contributed by atoms with Crippen molar-refractivity contribution in [3.8, 4) is 0 Å². The Morgan fingerprint density at radius 1 is 1.30 bits per heavy atom. The third kappa shape index (κ3) is 5.41. The molecule has 0 radical (unpaired) electrons. The van der Waals surface area contributed by atoms with Crippen molar-refractivity contribution in [2.45, 2.75) is 77.9 Å². The lowest BCUT2D eigenvalue weighted by Gasteiger charge is -2.39. The fourth-order valence-electron chi connectivity index (χ4n) is 2.81. The topological polar surface area (TPSA) is 44.4 Å². The van der Waals surface area contributed by atoms with Gasteiger partial charge in [0.15, 0.2) is 0 Å². The summed E-state index contributed by atoms with van der Waals surface area (Å²) in [5.41, 5.74) is 0. The molecule has 1 rings (SSSR count). The van der Waals surface area contributed by atoms with E-state index in [1.165, 1.54) is 19.3 Å². The van der Waals surface area contributed by atoms with E-state index in [-0.39, 0.29) is 18.0 Å². The summed E-state index contributed by atoms with van der Waals surface area (Å²) in [6.07, 6.45) is 5.86. The number of hydrogen-bond donors (Lipinski definition) is 2. The van der Waals surface area contributed by atoms with Crippen molar-refractivity contribution >= 4 is 5.91 Å². The minimum absolute atomic E-state index is 0.0160. The van der Waals surface area contributed by atoms with E-state index in [9.17, 15) is 4.79 Å². The number of nitrogens with one attached hydrogen (secondary N) is 2. The normalized spacial score (nSPS) is 23.3. The highest BCUT2D eigenvalue weighted by Crippen LogP contribution is 2.19. The van der Waals surface area contributed by atoms with Crippen LogP contribution in [0.3, 0.4) is 0 Å². The van der Waals surface area contributed by atoms with Gasteiger partial charge in [-0.1, -0.05) is 20.3 Å². The average Bonchev–Trinajstić information content (AvgIpc) is 2.47. The Morgan fingerprint density at radius 2 is 2.05 bits per heavy atom. The lowest BCUT2D eigenvalue weighted by atomic mass is 9.99. The number of likely N-dealkylation sites (tertiary alicyclic amines) is 1. The maximum atomic E-state index is 12.3. The van der Waals surface area contributed by atoms with Crippen molar-refractivity contribution < 1.29 is 4.79 Å². The smallest absolute Gasteiger partial charge is 0.237 e. The second kappa shape index (κ2) is 9.35. The average molecular weight is 283 g/mol. The van der Waals surface area contributed by atoms with Gasteiger partial charge >= 0.3 is 0 Å². The van der Waals surface area contributed by atoms with Gasteiger partial charge < -0.3 is 10.6 Å². The molecule has 118 valence electrons. The molecule has 20 heavy (non-hydrogen) atoms. The van der Waals surface area contributed by atoms with E-state index in [0.717, 1.165) is 32.5 Å². The molecule has 0 aromatic heterocycles. The van der Waals surface area contributed by atoms with Crippen LogP contribution in [0, 0.1) is 0 Å². The number of rotatable bonds is 8. The molecule has 1 heterocycles. The number of hydrogen-bond acceptors (Lipinski definition) is 3. The molecule has 3 unspecified atom stereocenters. The van der Waals surface area contributed by atoms with Crippen LogP contribution in [0.25, 0.3) is 0 Å². The highest BCUT2D eigenvalue weighted by molar-refractivity contribution is 5.81. The highest BCUT2D eigenvalue weighted by Gasteiger charge is 2.30. The van der Waals surface area contributed by atoms with E-state index in [2.05, 4.69) is 43.2 Å². The van der Waals surface area contributed by atoms with Gasteiger partial charge in [0.1, 0.15) is 0 Å². The van der Waals surface area contributed by atoms with Gasteiger partial charge in [-0.2, -0.15) is 0 Å². The van der Waals surface area contributed by atoms with E-state index in [1.54, 1.807) is 0 Å². The van der Waals surface area contributed by atoms with E-state index in [1.807, 2.05) is 0 Å². The summed E-state index contributed by atoms with van der Waals surface area (Å²) in [4.78, 5) is 14.7. The quantitative estimate of drug-likeness (QED) is 0.671. The van der Waals surface area contributed by atoms with Crippen LogP contribution in [0.15, 0.2) is 0 Å². The van der Waals surface area contributed by atoms with Gasteiger partial charge in [-0.25, -0.2) is 0 Å². The molecule has 0 aromatic carbocycles. The van der Waals surface area contributed by atoms with Crippen LogP contribution in [0.5, 0.6) is 0 Å². The fourth-order valence-corrected chi connectivity index (χ4v) is 2.81. The second-order valence-electron chi connectivity index (χ2n) is 6.09. The van der Waals surface area contributed by atoms with Crippen molar-refractivity contribution in [3.63, 3.8) is 0 Å². The molecule has 4 nitrogen and oxygen atoms in total. The molecule has 3 atom stereocenters. The summed E-state index contributed by atoms with van der Waals surface area (Å²) < 4.78 is 0. The molecule has 1 amide bonds. The summed E-state index contributed by atoms with van der Waals surface area (Å²) in [6, 6.07) is 0.761. The van der Waals surface area contributed by atoms with E-state index in [4.69, 9.17) is 0 Å². The summed E-state index contributed by atoms with van der Waals surface area (Å²) in [5.74, 6) is 0.182. The zero-order chi connectivity index (χ0) is 15.0. The van der Waals surface area contributed by atoms with Gasteiger partial charge in [-0.3, -0.25) is 9.69 Å². The Labute approximate surface area is 124 Å². The Morgan fingerprint density at radius 3 is 2.70 bits per heavy atom. The zero-order valence-electron chi connectivity index (χ0n) is 13.7. The van der Waals surface area contributed by atoms with Gasteiger partial charge in [0.05, 0.1) is 6.04 Å². The van der Waals surface area contributed by atoms with Crippen molar-refractivity contribution in [2.75, 3.05) is 19.6 Å². The summed E-state index contributed by atoms with van der Waals surface area (Å²) >= 11 is 0. The molecule has 0 bridgehead atoms. The molecule has 1 saturated heterocycles. The van der Waals surface area contributed by atoms with Crippen LogP contribution >= 0.6 is 0 Å². The van der Waals surface area contributed by atoms with Gasteiger partial charge in [0, 0.05) is 18.6 Å². The van der Waals surface area contributed by atoms with Crippen LogP contribution in [0.1, 0.15) is 59.8 Å². The van der Waals surface area contributed by atoms with Crippen LogP contribution in [0.2, 0.25) is 0 Å². The fraction of sp³-hybridized carbons (Fsp3) is 0.938. The number of amides is 1. The zero-order valence-corrected chi connectivity index (χ0v) is 13.7. The van der Waals surface area contributed by atoms with Crippen LogP contribution in [-0.4, -0.2) is 48.6 Å². The summed E-state index contributed by atoms with van der Waals surface area (Å²) in [5, 5.41) is 6.62. The first kappa shape index (κ1) is 17.4. The van der Waals surface area contributed by atoms with Crippen molar-refractivity contribution in [3.05, 3.63) is 0 Å². The number of carbonyl (C=O) groups excluding carboxylic acids is 1. The first-order valence-electron chi connectivity index (χ1n) is 8.36. The molecule has 0 aliphatic carbocycles.